The van der Waals surface area contributed by atoms with Crippen molar-refractivity contribution in [2.75, 3.05) is 24.5 Å². The summed E-state index contributed by atoms with van der Waals surface area (Å²) >= 11 is 0. The summed E-state index contributed by atoms with van der Waals surface area (Å²) in [6.07, 6.45) is 0. The van der Waals surface area contributed by atoms with E-state index < -0.39 is 0 Å². The zero-order valence-corrected chi connectivity index (χ0v) is 11.7. The van der Waals surface area contributed by atoms with E-state index in [2.05, 4.69) is 40.1 Å². The highest BCUT2D eigenvalue weighted by molar-refractivity contribution is 5.46. The first-order valence-electron chi connectivity index (χ1n) is 6.79. The summed E-state index contributed by atoms with van der Waals surface area (Å²) in [5.41, 5.74) is 1.24. The second-order valence-corrected chi connectivity index (χ2v) is 6.20. The Morgan fingerprint density at radius 1 is 1.28 bits per heavy atom. The minimum atomic E-state index is 0.182. The number of nitrogens with zero attached hydrogens (tertiary/aromatic N) is 3. The van der Waals surface area contributed by atoms with Gasteiger partial charge in [0.05, 0.1) is 0 Å². The zero-order valence-electron chi connectivity index (χ0n) is 11.7. The quantitative estimate of drug-likeness (QED) is 0.816. The first-order valence-corrected chi connectivity index (χ1v) is 6.79. The topological polar surface area (TPSA) is 41.0 Å². The van der Waals surface area contributed by atoms with E-state index in [-0.39, 0.29) is 5.54 Å². The molecule has 2 atom stereocenters. The summed E-state index contributed by atoms with van der Waals surface area (Å²) < 4.78 is 0. The average Bonchev–Trinajstić information content (AvgIpc) is 2.80. The van der Waals surface area contributed by atoms with Gasteiger partial charge in [-0.1, -0.05) is 0 Å². The van der Waals surface area contributed by atoms with Crippen LogP contribution in [0.3, 0.4) is 0 Å². The van der Waals surface area contributed by atoms with Crippen molar-refractivity contribution in [3.8, 4) is 0 Å². The molecule has 18 heavy (non-hydrogen) atoms. The Bertz CT molecular complexity index is 449. The third-order valence-electron chi connectivity index (χ3n) is 4.59. The number of hydrogen-bond donors (Lipinski definition) is 1. The molecule has 0 bridgehead atoms. The number of fused-ring (bicyclic) bond motifs is 1. The molecule has 0 aromatic carbocycles. The highest BCUT2D eigenvalue weighted by Gasteiger charge is 2.49. The Morgan fingerprint density at radius 3 is 2.72 bits per heavy atom. The predicted molar refractivity (Wildman–Crippen MR) is 72.8 cm³/mol. The van der Waals surface area contributed by atoms with E-state index in [1.54, 1.807) is 0 Å². The second kappa shape index (κ2) is 3.92. The Hall–Kier alpha value is -1.16. The number of nitrogens with one attached hydrogen (secondary N) is 1. The van der Waals surface area contributed by atoms with Crippen LogP contribution in [0.4, 0.5) is 5.82 Å². The van der Waals surface area contributed by atoms with Crippen molar-refractivity contribution in [2.24, 2.45) is 11.8 Å². The molecule has 3 rings (SSSR count). The third kappa shape index (κ3) is 1.70. The van der Waals surface area contributed by atoms with Crippen molar-refractivity contribution in [2.45, 2.75) is 33.2 Å². The number of aromatic nitrogens is 2. The van der Waals surface area contributed by atoms with Gasteiger partial charge in [0.25, 0.3) is 0 Å². The fourth-order valence-corrected chi connectivity index (χ4v) is 3.65. The van der Waals surface area contributed by atoms with E-state index in [1.807, 2.05) is 13.8 Å². The van der Waals surface area contributed by atoms with Crippen molar-refractivity contribution in [1.82, 2.24) is 15.3 Å². The van der Waals surface area contributed by atoms with Crippen LogP contribution in [0.1, 0.15) is 25.4 Å². The van der Waals surface area contributed by atoms with Crippen LogP contribution in [-0.4, -0.2) is 35.1 Å². The number of anilines is 1. The fourth-order valence-electron chi connectivity index (χ4n) is 3.65. The summed E-state index contributed by atoms with van der Waals surface area (Å²) in [5, 5.41) is 3.52. The summed E-state index contributed by atoms with van der Waals surface area (Å²) in [5.74, 6) is 3.46. The SMILES string of the molecule is Cc1cc(N2CC3CNCC3C2(C)C)nc(C)n1. The van der Waals surface area contributed by atoms with Gasteiger partial charge in [0.1, 0.15) is 11.6 Å². The molecule has 0 aliphatic carbocycles. The molecule has 98 valence electrons. The first kappa shape index (κ1) is 11.9. The lowest BCUT2D eigenvalue weighted by Crippen LogP contribution is -2.45. The number of aryl methyl sites for hydroxylation is 2. The van der Waals surface area contributed by atoms with E-state index in [0.717, 1.165) is 48.8 Å². The maximum Gasteiger partial charge on any atom is 0.132 e. The lowest BCUT2D eigenvalue weighted by atomic mass is 9.85. The molecule has 0 radical (unpaired) electrons. The van der Waals surface area contributed by atoms with Crippen LogP contribution in [0.15, 0.2) is 6.07 Å². The monoisotopic (exact) mass is 246 g/mol. The van der Waals surface area contributed by atoms with E-state index in [0.29, 0.717) is 0 Å². The molecule has 3 heterocycles. The molecule has 4 heteroatoms. The van der Waals surface area contributed by atoms with Crippen LogP contribution in [0, 0.1) is 25.7 Å². The molecular formula is C14H22N4. The third-order valence-corrected chi connectivity index (χ3v) is 4.59. The van der Waals surface area contributed by atoms with Crippen molar-refractivity contribution in [1.29, 1.82) is 0 Å². The Labute approximate surface area is 109 Å². The molecule has 2 aliphatic rings. The summed E-state index contributed by atoms with van der Waals surface area (Å²) in [6.45, 7) is 12.1. The van der Waals surface area contributed by atoms with Gasteiger partial charge < -0.3 is 10.2 Å². The highest BCUT2D eigenvalue weighted by atomic mass is 15.3. The van der Waals surface area contributed by atoms with Gasteiger partial charge >= 0.3 is 0 Å². The molecule has 0 saturated carbocycles. The van der Waals surface area contributed by atoms with Gasteiger partial charge in [-0.15, -0.1) is 0 Å². The van der Waals surface area contributed by atoms with E-state index in [9.17, 15) is 0 Å². The smallest absolute Gasteiger partial charge is 0.132 e. The van der Waals surface area contributed by atoms with E-state index in [4.69, 9.17) is 0 Å². The van der Waals surface area contributed by atoms with Gasteiger partial charge in [-0.05, 0) is 39.5 Å². The molecule has 0 amide bonds. The fraction of sp³-hybridized carbons (Fsp3) is 0.714. The van der Waals surface area contributed by atoms with Gasteiger partial charge in [-0.25, -0.2) is 9.97 Å². The molecule has 2 unspecified atom stereocenters. The van der Waals surface area contributed by atoms with Crippen LogP contribution in [0.2, 0.25) is 0 Å². The first-order chi connectivity index (χ1) is 8.48. The van der Waals surface area contributed by atoms with Crippen LogP contribution >= 0.6 is 0 Å². The van der Waals surface area contributed by atoms with Crippen LogP contribution in [0.25, 0.3) is 0 Å². The van der Waals surface area contributed by atoms with Crippen LogP contribution < -0.4 is 10.2 Å². The minimum absolute atomic E-state index is 0.182. The van der Waals surface area contributed by atoms with Crippen LogP contribution in [-0.2, 0) is 0 Å². The minimum Gasteiger partial charge on any atom is -0.351 e. The van der Waals surface area contributed by atoms with Gasteiger partial charge in [-0.3, -0.25) is 0 Å². The Morgan fingerprint density at radius 2 is 2.06 bits per heavy atom. The second-order valence-electron chi connectivity index (χ2n) is 6.20. The standard InChI is InChI=1S/C14H22N4/c1-9-5-13(17-10(2)16-9)18-8-11-6-15-7-12(11)14(18,3)4/h5,11-12,15H,6-8H2,1-4H3. The van der Waals surface area contributed by atoms with Crippen molar-refractivity contribution in [3.63, 3.8) is 0 Å². The van der Waals surface area contributed by atoms with Crippen molar-refractivity contribution >= 4 is 5.82 Å². The number of rotatable bonds is 1. The van der Waals surface area contributed by atoms with Gasteiger partial charge in [0, 0.05) is 36.9 Å². The molecular weight excluding hydrogens is 224 g/mol. The molecule has 1 N–H and O–H groups in total. The normalized spacial score (nSPS) is 29.7. The highest BCUT2D eigenvalue weighted by Crippen LogP contribution is 2.42. The maximum atomic E-state index is 4.63. The van der Waals surface area contributed by atoms with Crippen molar-refractivity contribution in [3.05, 3.63) is 17.6 Å². The molecule has 2 aliphatic heterocycles. The summed E-state index contributed by atoms with van der Waals surface area (Å²) in [4.78, 5) is 11.5. The van der Waals surface area contributed by atoms with Gasteiger partial charge in [0.15, 0.2) is 0 Å². The van der Waals surface area contributed by atoms with Crippen molar-refractivity contribution < 1.29 is 0 Å². The molecule has 0 spiro atoms. The largest absolute Gasteiger partial charge is 0.351 e. The zero-order chi connectivity index (χ0) is 12.9. The van der Waals surface area contributed by atoms with E-state index in [1.165, 1.54) is 0 Å². The van der Waals surface area contributed by atoms with Gasteiger partial charge in [-0.2, -0.15) is 0 Å². The van der Waals surface area contributed by atoms with Crippen LogP contribution in [0.5, 0.6) is 0 Å². The molecule has 2 saturated heterocycles. The summed E-state index contributed by atoms with van der Waals surface area (Å²) in [7, 11) is 0. The molecule has 1 aromatic heterocycles. The lowest BCUT2D eigenvalue weighted by Gasteiger charge is -2.36. The number of hydrogen-bond acceptors (Lipinski definition) is 4. The molecule has 1 aromatic rings. The summed E-state index contributed by atoms with van der Waals surface area (Å²) in [6, 6.07) is 2.11. The van der Waals surface area contributed by atoms with E-state index >= 15 is 0 Å². The molecule has 4 nitrogen and oxygen atoms in total. The average molecular weight is 246 g/mol. The Balaban J connectivity index is 1.97. The predicted octanol–water partition coefficient (Wildman–Crippen LogP) is 1.53. The molecule has 2 fully saturated rings. The Kier molecular flexibility index (Phi) is 2.59. The van der Waals surface area contributed by atoms with Gasteiger partial charge in [0.2, 0.25) is 0 Å². The lowest BCUT2D eigenvalue weighted by molar-refractivity contribution is 0.356. The maximum absolute atomic E-state index is 4.63.